The molecular formula is C24H19ClF4N4O3S. The Balaban J connectivity index is 1.47. The number of sulfonamides is 1. The van der Waals surface area contributed by atoms with Gasteiger partial charge in [0, 0.05) is 31.1 Å². The number of carbonyl (C=O) groups is 1. The molecule has 2 heterocycles. The highest BCUT2D eigenvalue weighted by molar-refractivity contribution is 7.89. The Bertz CT molecular complexity index is 1450. The Morgan fingerprint density at radius 1 is 1.14 bits per heavy atom. The molecule has 0 radical (unpaired) electrons. The number of aromatic nitrogens is 2. The van der Waals surface area contributed by atoms with Crippen LogP contribution in [-0.2, 0) is 27.4 Å². The molecule has 0 amide bonds. The second-order valence-corrected chi connectivity index (χ2v) is 10.7. The van der Waals surface area contributed by atoms with E-state index in [1.165, 1.54) is 47.3 Å². The molecule has 0 saturated carbocycles. The maximum absolute atomic E-state index is 14.3. The zero-order valence-electron chi connectivity index (χ0n) is 19.0. The van der Waals surface area contributed by atoms with Crippen molar-refractivity contribution >= 4 is 27.4 Å². The molecule has 0 bridgehead atoms. The van der Waals surface area contributed by atoms with Gasteiger partial charge in [-0.15, -0.1) is 0 Å². The van der Waals surface area contributed by atoms with Gasteiger partial charge in [-0.05, 0) is 55.0 Å². The topological polar surface area (TPSA) is 96.1 Å². The molecule has 1 saturated heterocycles. The van der Waals surface area contributed by atoms with Crippen molar-refractivity contribution in [3.05, 3.63) is 76.6 Å². The van der Waals surface area contributed by atoms with E-state index in [9.17, 15) is 30.8 Å². The van der Waals surface area contributed by atoms with E-state index in [1.807, 2.05) is 6.07 Å². The molecule has 3 aromatic rings. The molecule has 1 aliphatic rings. The first-order valence-electron chi connectivity index (χ1n) is 11.0. The van der Waals surface area contributed by atoms with E-state index < -0.39 is 46.3 Å². The van der Waals surface area contributed by atoms with Gasteiger partial charge in [0.1, 0.15) is 6.17 Å². The summed E-state index contributed by atoms with van der Waals surface area (Å²) in [5, 5.41) is 13.0. The predicted octanol–water partition coefficient (Wildman–Crippen LogP) is 4.72. The van der Waals surface area contributed by atoms with E-state index >= 15 is 0 Å². The first-order valence-corrected chi connectivity index (χ1v) is 12.8. The molecule has 0 unspecified atom stereocenters. The quantitative estimate of drug-likeness (QED) is 0.394. The van der Waals surface area contributed by atoms with Crippen LogP contribution < -0.4 is 0 Å². The number of nitrogens with zero attached hydrogens (tertiary/aromatic N) is 4. The van der Waals surface area contributed by atoms with Gasteiger partial charge in [-0.3, -0.25) is 4.79 Å². The fourth-order valence-corrected chi connectivity index (χ4v) is 5.94. The number of rotatable bonds is 7. The summed E-state index contributed by atoms with van der Waals surface area (Å²) >= 11 is 6.16. The van der Waals surface area contributed by atoms with Crippen molar-refractivity contribution in [1.29, 1.82) is 5.26 Å². The van der Waals surface area contributed by atoms with Gasteiger partial charge in [0.15, 0.2) is 10.9 Å². The fraction of sp³-hybridized carbons (Fsp3) is 0.292. The van der Waals surface area contributed by atoms with Crippen molar-refractivity contribution in [1.82, 2.24) is 14.1 Å². The zero-order chi connectivity index (χ0) is 27.0. The van der Waals surface area contributed by atoms with Crippen LogP contribution in [0.25, 0.3) is 5.69 Å². The van der Waals surface area contributed by atoms with E-state index in [1.54, 1.807) is 0 Å². The Labute approximate surface area is 214 Å². The maximum atomic E-state index is 14.3. The first-order chi connectivity index (χ1) is 17.4. The minimum Gasteiger partial charge on any atom is -0.298 e. The number of ketones is 1. The van der Waals surface area contributed by atoms with Crippen molar-refractivity contribution in [3.8, 4) is 11.8 Å². The van der Waals surface area contributed by atoms with Gasteiger partial charge in [-0.1, -0.05) is 11.6 Å². The molecule has 1 aromatic heterocycles. The average molecular weight is 555 g/mol. The smallest absolute Gasteiger partial charge is 0.298 e. The van der Waals surface area contributed by atoms with Crippen molar-refractivity contribution in [2.45, 2.75) is 42.5 Å². The Morgan fingerprint density at radius 3 is 2.38 bits per heavy atom. The summed E-state index contributed by atoms with van der Waals surface area (Å²) in [5.74, 6) is -0.504. The lowest BCUT2D eigenvalue weighted by atomic mass is 10.0. The highest BCUT2D eigenvalue weighted by Crippen LogP contribution is 2.31. The summed E-state index contributed by atoms with van der Waals surface area (Å²) in [6.07, 6.45) is -4.91. The third kappa shape index (κ3) is 5.69. The third-order valence-electron chi connectivity index (χ3n) is 6.00. The van der Waals surface area contributed by atoms with Crippen LogP contribution in [0.5, 0.6) is 0 Å². The second kappa shape index (κ2) is 10.2. The van der Waals surface area contributed by atoms with Gasteiger partial charge in [0.05, 0.1) is 33.8 Å². The number of Topliss-reactive ketones (excluding diaryl/α,β-unsaturated/α-hetero) is 1. The van der Waals surface area contributed by atoms with E-state index in [0.717, 1.165) is 16.4 Å². The fourth-order valence-electron chi connectivity index (χ4n) is 4.07. The van der Waals surface area contributed by atoms with Gasteiger partial charge >= 0.3 is 6.18 Å². The van der Waals surface area contributed by atoms with Gasteiger partial charge < -0.3 is 0 Å². The maximum Gasteiger partial charge on any atom is 0.416 e. The van der Waals surface area contributed by atoms with Gasteiger partial charge in [0.25, 0.3) is 0 Å². The molecule has 0 N–H and O–H groups in total. The molecule has 2 atom stereocenters. The van der Waals surface area contributed by atoms with E-state index in [4.69, 9.17) is 16.9 Å². The van der Waals surface area contributed by atoms with Crippen LogP contribution in [0.1, 0.15) is 29.5 Å². The summed E-state index contributed by atoms with van der Waals surface area (Å²) in [7, 11) is -4.19. The molecular weight excluding hydrogens is 536 g/mol. The minimum atomic E-state index is -4.48. The largest absolute Gasteiger partial charge is 0.416 e. The van der Waals surface area contributed by atoms with Crippen LogP contribution in [0.3, 0.4) is 0 Å². The molecule has 0 aliphatic carbocycles. The van der Waals surface area contributed by atoms with Crippen molar-refractivity contribution in [2.75, 3.05) is 6.54 Å². The number of carbonyl (C=O) groups excluding carboxylic acids is 1. The number of hydrogen-bond donors (Lipinski definition) is 0. The normalized spacial score (nSPS) is 18.6. The Morgan fingerprint density at radius 2 is 1.78 bits per heavy atom. The van der Waals surface area contributed by atoms with Crippen molar-refractivity contribution in [3.63, 3.8) is 0 Å². The van der Waals surface area contributed by atoms with Crippen LogP contribution >= 0.6 is 11.6 Å². The first kappa shape index (κ1) is 26.8. The lowest BCUT2D eigenvalue weighted by Gasteiger charge is -2.22. The van der Waals surface area contributed by atoms with Gasteiger partial charge in [-0.2, -0.15) is 27.8 Å². The lowest BCUT2D eigenvalue weighted by Crippen LogP contribution is -2.40. The summed E-state index contributed by atoms with van der Waals surface area (Å²) < 4.78 is 80.9. The van der Waals surface area contributed by atoms with Crippen molar-refractivity contribution < 1.29 is 30.8 Å². The molecule has 194 valence electrons. The summed E-state index contributed by atoms with van der Waals surface area (Å²) in [6.45, 7) is -0.467. The molecule has 4 rings (SSSR count). The lowest BCUT2D eigenvalue weighted by molar-refractivity contribution is -0.137. The van der Waals surface area contributed by atoms with E-state index in [2.05, 4.69) is 5.10 Å². The molecule has 1 aliphatic heterocycles. The molecule has 37 heavy (non-hydrogen) atoms. The highest BCUT2D eigenvalue weighted by Gasteiger charge is 2.43. The van der Waals surface area contributed by atoms with Crippen LogP contribution in [-0.4, -0.2) is 47.0 Å². The van der Waals surface area contributed by atoms with E-state index in [-0.39, 0.29) is 34.9 Å². The molecule has 1 fully saturated rings. The molecule has 13 heteroatoms. The van der Waals surface area contributed by atoms with Gasteiger partial charge in [-0.25, -0.2) is 17.5 Å². The average Bonchev–Trinajstić information content (AvgIpc) is 3.45. The minimum absolute atomic E-state index is 0.0320. The third-order valence-corrected chi connectivity index (χ3v) is 8.21. The van der Waals surface area contributed by atoms with Gasteiger partial charge in [0.2, 0.25) is 10.0 Å². The number of nitriles is 1. The van der Waals surface area contributed by atoms with Crippen LogP contribution in [0.4, 0.5) is 17.6 Å². The molecule has 2 aromatic carbocycles. The Kier molecular flexibility index (Phi) is 7.41. The summed E-state index contributed by atoms with van der Waals surface area (Å²) in [5.41, 5.74) is 0.183. The standard InChI is InChI=1S/C24H19ClF4N4O3S/c25-23-16(13-32(31-23)19-6-4-17(5-7-19)24(27,28)29)3-10-22(34)21-11-18(26)14-33(21)37(35,36)20-8-1-15(12-30)2-9-20/h1-2,4-9,13,18,21H,3,10-11,14H2/t18-,21+/m1/s1. The highest BCUT2D eigenvalue weighted by atomic mass is 35.5. The van der Waals surface area contributed by atoms with Crippen molar-refractivity contribution in [2.24, 2.45) is 0 Å². The van der Waals surface area contributed by atoms with Crippen LogP contribution in [0.2, 0.25) is 5.15 Å². The monoisotopic (exact) mass is 554 g/mol. The number of halogens is 5. The zero-order valence-corrected chi connectivity index (χ0v) is 20.6. The summed E-state index contributed by atoms with van der Waals surface area (Å²) in [6, 6.07) is 10.1. The SMILES string of the molecule is N#Cc1ccc(S(=O)(=O)N2C[C@H](F)C[C@H]2C(=O)CCc2cn(-c3ccc(C(F)(F)F)cc3)nc2Cl)cc1. The molecule has 0 spiro atoms. The number of hydrogen-bond acceptors (Lipinski definition) is 5. The Hall–Kier alpha value is -3.27. The number of alkyl halides is 4. The molecule has 7 nitrogen and oxygen atoms in total. The number of benzene rings is 2. The number of aryl methyl sites for hydroxylation is 1. The van der Waals surface area contributed by atoms with Crippen LogP contribution in [0, 0.1) is 11.3 Å². The summed E-state index contributed by atoms with van der Waals surface area (Å²) in [4.78, 5) is 12.8. The second-order valence-electron chi connectivity index (χ2n) is 8.46. The van der Waals surface area contributed by atoms with E-state index in [0.29, 0.717) is 11.3 Å². The van der Waals surface area contributed by atoms with Crippen LogP contribution in [0.15, 0.2) is 59.6 Å². The predicted molar refractivity (Wildman–Crippen MR) is 125 cm³/mol.